The van der Waals surface area contributed by atoms with Crippen molar-refractivity contribution >= 4 is 11.6 Å². The zero-order valence-electron chi connectivity index (χ0n) is 22.1. The van der Waals surface area contributed by atoms with E-state index in [1.807, 2.05) is 12.1 Å². The predicted octanol–water partition coefficient (Wildman–Crippen LogP) is 5.34. The number of carbonyl (C=O) groups excluding carboxylic acids is 1. The van der Waals surface area contributed by atoms with Crippen molar-refractivity contribution in [3.63, 3.8) is 0 Å². The fraction of sp³-hybridized carbons (Fsp3) is 0.613. The Morgan fingerprint density at radius 1 is 0.944 bits per heavy atom. The van der Waals surface area contributed by atoms with Crippen molar-refractivity contribution < 1.29 is 4.79 Å². The normalized spacial score (nSPS) is 30.2. The van der Waals surface area contributed by atoms with E-state index in [-0.39, 0.29) is 11.4 Å². The van der Waals surface area contributed by atoms with E-state index >= 15 is 0 Å². The van der Waals surface area contributed by atoms with Gasteiger partial charge in [0.15, 0.2) is 0 Å². The van der Waals surface area contributed by atoms with E-state index in [2.05, 4.69) is 63.9 Å². The van der Waals surface area contributed by atoms with Crippen LogP contribution >= 0.6 is 0 Å². The van der Waals surface area contributed by atoms with Gasteiger partial charge in [-0.3, -0.25) is 9.78 Å². The van der Waals surface area contributed by atoms with Crippen LogP contribution in [0.1, 0.15) is 62.7 Å². The monoisotopic (exact) mass is 486 g/mol. The first-order valence-electron chi connectivity index (χ1n) is 14.3. The van der Waals surface area contributed by atoms with Crippen LogP contribution in [0.15, 0.2) is 54.9 Å². The van der Waals surface area contributed by atoms with Crippen molar-refractivity contribution in [1.82, 2.24) is 14.8 Å². The van der Waals surface area contributed by atoms with E-state index in [0.29, 0.717) is 11.8 Å². The van der Waals surface area contributed by atoms with Crippen molar-refractivity contribution in [2.45, 2.75) is 64.0 Å². The molecule has 0 N–H and O–H groups in total. The first kappa shape index (κ1) is 24.0. The van der Waals surface area contributed by atoms with Crippen LogP contribution in [0.5, 0.6) is 0 Å². The smallest absolute Gasteiger partial charge is 0.255 e. The maximum Gasteiger partial charge on any atom is 0.255 e. The van der Waals surface area contributed by atoms with E-state index < -0.39 is 0 Å². The summed E-state index contributed by atoms with van der Waals surface area (Å²) >= 11 is 0. The lowest BCUT2D eigenvalue weighted by Gasteiger charge is -2.51. The highest BCUT2D eigenvalue weighted by Crippen LogP contribution is 2.51. The highest BCUT2D eigenvalue weighted by atomic mass is 16.2. The Kier molecular flexibility index (Phi) is 6.53. The van der Waals surface area contributed by atoms with Crippen LogP contribution in [-0.2, 0) is 0 Å². The minimum absolute atomic E-state index is 0.151. The minimum atomic E-state index is 0.151. The lowest BCUT2D eigenvalue weighted by molar-refractivity contribution is 0.0611. The predicted molar refractivity (Wildman–Crippen MR) is 145 cm³/mol. The maximum atomic E-state index is 13.3. The molecule has 4 aliphatic rings. The minimum Gasteiger partial charge on any atom is -0.365 e. The number of rotatable bonds is 4. The molecule has 1 spiro atoms. The number of amides is 1. The Labute approximate surface area is 216 Å². The van der Waals surface area contributed by atoms with E-state index in [4.69, 9.17) is 0 Å². The van der Waals surface area contributed by atoms with Gasteiger partial charge in [-0.25, -0.2) is 0 Å². The van der Waals surface area contributed by atoms with Gasteiger partial charge in [0.25, 0.3) is 5.91 Å². The first-order valence-corrected chi connectivity index (χ1v) is 14.3. The number of piperidine rings is 1. The molecule has 5 nitrogen and oxygen atoms in total. The molecule has 192 valence electrons. The molecule has 3 aliphatic heterocycles. The summed E-state index contributed by atoms with van der Waals surface area (Å²) in [4.78, 5) is 25.2. The number of likely N-dealkylation sites (tertiary alicyclic amines) is 2. The Balaban J connectivity index is 1.20. The number of para-hydroxylation sites is 1. The summed E-state index contributed by atoms with van der Waals surface area (Å²) in [6.45, 7) is 9.99. The topological polar surface area (TPSA) is 39.7 Å². The van der Waals surface area contributed by atoms with E-state index in [9.17, 15) is 4.79 Å². The number of aromatic nitrogens is 1. The molecule has 1 saturated carbocycles. The second-order valence-corrected chi connectivity index (χ2v) is 12.2. The Morgan fingerprint density at radius 3 is 2.36 bits per heavy atom. The van der Waals surface area contributed by atoms with E-state index in [0.717, 1.165) is 43.1 Å². The van der Waals surface area contributed by atoms with E-state index in [1.54, 1.807) is 12.4 Å². The van der Waals surface area contributed by atoms with Gasteiger partial charge in [-0.15, -0.1) is 0 Å². The average molecular weight is 487 g/mol. The molecule has 1 aliphatic carbocycles. The number of hydrogen-bond donors (Lipinski definition) is 0. The van der Waals surface area contributed by atoms with Crippen molar-refractivity contribution in [3.8, 4) is 0 Å². The zero-order chi connectivity index (χ0) is 24.7. The van der Waals surface area contributed by atoms with Gasteiger partial charge in [0.2, 0.25) is 0 Å². The quantitative estimate of drug-likeness (QED) is 0.585. The molecular formula is C31H42N4O. The molecule has 1 aromatic carbocycles. The second kappa shape index (κ2) is 9.81. The number of carbonyl (C=O) groups is 1. The zero-order valence-corrected chi connectivity index (χ0v) is 22.1. The third kappa shape index (κ3) is 4.23. The van der Waals surface area contributed by atoms with Gasteiger partial charge in [-0.05, 0) is 74.6 Å². The van der Waals surface area contributed by atoms with Gasteiger partial charge in [-0.2, -0.15) is 0 Å². The molecule has 2 unspecified atom stereocenters. The van der Waals surface area contributed by atoms with Crippen LogP contribution < -0.4 is 4.90 Å². The van der Waals surface area contributed by atoms with Crippen LogP contribution in [0.4, 0.5) is 5.69 Å². The number of hydrogen-bond acceptors (Lipinski definition) is 4. The highest BCUT2D eigenvalue weighted by molar-refractivity contribution is 5.94. The lowest BCUT2D eigenvalue weighted by atomic mass is 9.73. The third-order valence-electron chi connectivity index (χ3n) is 10.2. The van der Waals surface area contributed by atoms with Crippen LogP contribution in [0.3, 0.4) is 0 Å². The summed E-state index contributed by atoms with van der Waals surface area (Å²) in [5.41, 5.74) is 2.24. The SMILES string of the molecule is CC(C)C1CCC(N2CCC3(CC2)C2CN(C(=O)c4cccnc4)CC2CN3c2ccccc2)CC1. The van der Waals surface area contributed by atoms with Gasteiger partial charge in [0, 0.05) is 74.2 Å². The van der Waals surface area contributed by atoms with Crippen LogP contribution in [0.2, 0.25) is 0 Å². The number of pyridine rings is 1. The van der Waals surface area contributed by atoms with Crippen LogP contribution in [-0.4, -0.2) is 65.0 Å². The molecular weight excluding hydrogens is 444 g/mol. The molecule has 5 heteroatoms. The molecule has 0 radical (unpaired) electrons. The highest BCUT2D eigenvalue weighted by Gasteiger charge is 2.58. The van der Waals surface area contributed by atoms with Gasteiger partial charge in [0.05, 0.1) is 5.56 Å². The second-order valence-electron chi connectivity index (χ2n) is 12.2. The number of anilines is 1. The Morgan fingerprint density at radius 2 is 1.69 bits per heavy atom. The van der Waals surface area contributed by atoms with Crippen molar-refractivity contribution in [1.29, 1.82) is 0 Å². The van der Waals surface area contributed by atoms with E-state index in [1.165, 1.54) is 57.3 Å². The maximum absolute atomic E-state index is 13.3. The molecule has 36 heavy (non-hydrogen) atoms. The number of fused-ring (bicyclic) bond motifs is 2. The molecule has 4 fully saturated rings. The van der Waals surface area contributed by atoms with Gasteiger partial charge in [0.1, 0.15) is 0 Å². The summed E-state index contributed by atoms with van der Waals surface area (Å²) in [6, 6.07) is 15.6. The van der Waals surface area contributed by atoms with Gasteiger partial charge in [-0.1, -0.05) is 32.0 Å². The number of nitrogens with zero attached hydrogens (tertiary/aromatic N) is 4. The Hall–Kier alpha value is -2.40. The van der Waals surface area contributed by atoms with Crippen LogP contribution in [0.25, 0.3) is 0 Å². The molecule has 2 atom stereocenters. The fourth-order valence-electron chi connectivity index (χ4n) is 8.14. The summed E-state index contributed by atoms with van der Waals surface area (Å²) in [7, 11) is 0. The summed E-state index contributed by atoms with van der Waals surface area (Å²) in [5.74, 6) is 2.97. The van der Waals surface area contributed by atoms with Gasteiger partial charge < -0.3 is 14.7 Å². The summed E-state index contributed by atoms with van der Waals surface area (Å²) in [6.07, 6.45) is 11.4. The lowest BCUT2D eigenvalue weighted by Crippen LogP contribution is -2.58. The molecule has 4 heterocycles. The van der Waals surface area contributed by atoms with Crippen LogP contribution in [0, 0.1) is 23.7 Å². The summed E-state index contributed by atoms with van der Waals surface area (Å²) < 4.78 is 0. The van der Waals surface area contributed by atoms with Crippen molar-refractivity contribution in [2.24, 2.45) is 23.7 Å². The molecule has 1 amide bonds. The summed E-state index contributed by atoms with van der Waals surface area (Å²) in [5, 5.41) is 0. The molecule has 0 bridgehead atoms. The molecule has 2 aromatic rings. The third-order valence-corrected chi connectivity index (χ3v) is 10.2. The molecule has 1 aromatic heterocycles. The average Bonchev–Trinajstić information content (AvgIpc) is 3.48. The first-order chi connectivity index (χ1) is 17.5. The van der Waals surface area contributed by atoms with Gasteiger partial charge >= 0.3 is 0 Å². The molecule has 3 saturated heterocycles. The largest absolute Gasteiger partial charge is 0.365 e. The van der Waals surface area contributed by atoms with Crippen molar-refractivity contribution in [3.05, 3.63) is 60.4 Å². The molecule has 6 rings (SSSR count). The fourth-order valence-corrected chi connectivity index (χ4v) is 8.14. The van der Waals surface area contributed by atoms with Crippen molar-refractivity contribution in [2.75, 3.05) is 37.6 Å². The standard InChI is InChI=1S/C31H42N4O/c1-23(2)24-10-12-27(13-11-24)33-17-14-31(15-18-33)29-22-34(30(36)25-7-6-16-32-19-25)20-26(29)21-35(31)28-8-4-3-5-9-28/h3-9,16,19,23-24,26-27,29H,10-15,17-18,20-22H2,1-2H3. The Bertz CT molecular complexity index is 1030. The number of benzene rings is 1.